The molecule has 0 atom stereocenters. The van der Waals surface area contributed by atoms with Crippen molar-refractivity contribution >= 4 is 27.5 Å². The number of halogens is 1. The fourth-order valence-electron chi connectivity index (χ4n) is 3.03. The minimum absolute atomic E-state index is 0.0621. The van der Waals surface area contributed by atoms with E-state index in [-0.39, 0.29) is 23.9 Å². The van der Waals surface area contributed by atoms with Crippen LogP contribution in [0, 0.1) is 6.92 Å². The third-order valence-electron chi connectivity index (χ3n) is 4.36. The van der Waals surface area contributed by atoms with Crippen LogP contribution in [-0.2, 0) is 23.0 Å². The molecule has 1 aliphatic rings. The predicted molar refractivity (Wildman–Crippen MR) is 104 cm³/mol. The number of sulfonamides is 1. The molecule has 0 bridgehead atoms. The molecule has 27 heavy (non-hydrogen) atoms. The Balaban J connectivity index is 1.81. The molecule has 1 aliphatic heterocycles. The highest BCUT2D eigenvalue weighted by molar-refractivity contribution is 7.89. The lowest BCUT2D eigenvalue weighted by Gasteiger charge is -2.12. The van der Waals surface area contributed by atoms with Gasteiger partial charge in [0.25, 0.3) is 5.91 Å². The van der Waals surface area contributed by atoms with Crippen molar-refractivity contribution < 1.29 is 17.9 Å². The number of benzene rings is 2. The molecule has 2 aromatic carbocycles. The zero-order chi connectivity index (χ0) is 19.6. The molecule has 8 heteroatoms. The van der Waals surface area contributed by atoms with Crippen LogP contribution < -0.4 is 14.8 Å². The molecule has 2 N–H and O–H groups in total. The fraction of sp³-hybridized carbons (Fsp3) is 0.316. The van der Waals surface area contributed by atoms with E-state index in [2.05, 4.69) is 10.0 Å². The summed E-state index contributed by atoms with van der Waals surface area (Å²) < 4.78 is 32.4. The Hall–Kier alpha value is -2.09. The highest BCUT2D eigenvalue weighted by atomic mass is 35.5. The zero-order valence-electron chi connectivity index (χ0n) is 15.1. The van der Waals surface area contributed by atoms with Crippen LogP contribution in [0.5, 0.6) is 5.75 Å². The van der Waals surface area contributed by atoms with Crippen molar-refractivity contribution in [3.8, 4) is 5.75 Å². The van der Waals surface area contributed by atoms with Gasteiger partial charge in [0.1, 0.15) is 5.75 Å². The number of carbonyl (C=O) groups excluding carboxylic acids is 1. The molecule has 0 unspecified atom stereocenters. The van der Waals surface area contributed by atoms with Gasteiger partial charge >= 0.3 is 0 Å². The zero-order valence-corrected chi connectivity index (χ0v) is 16.7. The van der Waals surface area contributed by atoms with E-state index in [1.807, 2.05) is 6.07 Å². The molecule has 144 valence electrons. The first kappa shape index (κ1) is 19.7. The topological polar surface area (TPSA) is 84.5 Å². The summed E-state index contributed by atoms with van der Waals surface area (Å²) in [4.78, 5) is 12.7. The van der Waals surface area contributed by atoms with Gasteiger partial charge in [0.05, 0.1) is 11.5 Å². The molecular formula is C19H21ClN2O4S. The third kappa shape index (κ3) is 4.26. The maximum absolute atomic E-state index is 12.7. The fourth-order valence-corrected chi connectivity index (χ4v) is 4.36. The maximum atomic E-state index is 12.7. The highest BCUT2D eigenvalue weighted by Gasteiger charge is 2.20. The van der Waals surface area contributed by atoms with Crippen LogP contribution in [0.15, 0.2) is 35.2 Å². The molecule has 2 aromatic rings. The van der Waals surface area contributed by atoms with Gasteiger partial charge < -0.3 is 10.1 Å². The Morgan fingerprint density at radius 2 is 2.04 bits per heavy atom. The Morgan fingerprint density at radius 1 is 1.26 bits per heavy atom. The summed E-state index contributed by atoms with van der Waals surface area (Å²) in [5.41, 5.74) is 2.84. The van der Waals surface area contributed by atoms with Crippen LogP contribution in [0.1, 0.15) is 34.0 Å². The smallest absolute Gasteiger partial charge is 0.251 e. The minimum Gasteiger partial charge on any atom is -0.493 e. The van der Waals surface area contributed by atoms with E-state index in [1.54, 1.807) is 26.0 Å². The molecule has 0 spiro atoms. The molecule has 0 saturated carbocycles. The van der Waals surface area contributed by atoms with Gasteiger partial charge in [-0.3, -0.25) is 4.79 Å². The maximum Gasteiger partial charge on any atom is 0.251 e. The first-order chi connectivity index (χ1) is 12.8. The van der Waals surface area contributed by atoms with E-state index in [0.717, 1.165) is 23.3 Å². The van der Waals surface area contributed by atoms with Crippen LogP contribution in [0.2, 0.25) is 5.02 Å². The summed E-state index contributed by atoms with van der Waals surface area (Å²) in [7, 11) is -3.63. The quantitative estimate of drug-likeness (QED) is 0.769. The third-order valence-corrected chi connectivity index (χ3v) is 6.12. The van der Waals surface area contributed by atoms with Crippen LogP contribution in [0.25, 0.3) is 0 Å². The Kier molecular flexibility index (Phi) is 5.74. The number of carbonyl (C=O) groups is 1. The Bertz CT molecular complexity index is 989. The van der Waals surface area contributed by atoms with Crippen molar-refractivity contribution in [1.29, 1.82) is 0 Å². The molecule has 0 radical (unpaired) electrons. The molecule has 0 saturated heterocycles. The number of rotatable bonds is 6. The molecule has 1 amide bonds. The standard InChI is InChI=1S/C19H21ClN2O4S/c1-3-22-27(24,25)16-5-4-12(2)17(10-16)19(23)21-11-14-9-15(20)8-13-6-7-26-18(13)14/h4-5,8-10,22H,3,6-7,11H2,1-2H3,(H,21,23). The molecule has 0 aromatic heterocycles. The van der Waals surface area contributed by atoms with Crippen molar-refractivity contribution in [2.24, 2.45) is 0 Å². The van der Waals surface area contributed by atoms with Gasteiger partial charge in [-0.15, -0.1) is 0 Å². The summed E-state index contributed by atoms with van der Waals surface area (Å²) in [6.07, 6.45) is 0.792. The Labute approximate surface area is 163 Å². The molecule has 6 nitrogen and oxygen atoms in total. The number of amides is 1. The van der Waals surface area contributed by atoms with Gasteiger partial charge in [0, 0.05) is 35.7 Å². The van der Waals surface area contributed by atoms with Gasteiger partial charge in [-0.05, 0) is 42.3 Å². The molecule has 1 heterocycles. The first-order valence-corrected chi connectivity index (χ1v) is 10.5. The van der Waals surface area contributed by atoms with Gasteiger partial charge in [-0.2, -0.15) is 0 Å². The molecular weight excluding hydrogens is 388 g/mol. The number of aryl methyl sites for hydroxylation is 1. The van der Waals surface area contributed by atoms with Crippen LogP contribution >= 0.6 is 11.6 Å². The number of nitrogens with one attached hydrogen (secondary N) is 2. The molecule has 3 rings (SSSR count). The Morgan fingerprint density at radius 3 is 2.78 bits per heavy atom. The van der Waals surface area contributed by atoms with E-state index in [9.17, 15) is 13.2 Å². The van der Waals surface area contributed by atoms with E-state index in [0.29, 0.717) is 22.8 Å². The summed E-state index contributed by atoms with van der Waals surface area (Å²) in [6.45, 7) is 4.58. The number of hydrogen-bond acceptors (Lipinski definition) is 4. The second-order valence-electron chi connectivity index (χ2n) is 6.31. The van der Waals surface area contributed by atoms with Crippen molar-refractivity contribution in [3.05, 3.63) is 57.6 Å². The largest absolute Gasteiger partial charge is 0.493 e. The average Bonchev–Trinajstić information content (AvgIpc) is 3.07. The summed E-state index contributed by atoms with van der Waals surface area (Å²) in [5.74, 6) is 0.410. The predicted octanol–water partition coefficient (Wildman–Crippen LogP) is 2.81. The first-order valence-electron chi connectivity index (χ1n) is 8.64. The van der Waals surface area contributed by atoms with Gasteiger partial charge in [-0.25, -0.2) is 13.1 Å². The van der Waals surface area contributed by atoms with Crippen molar-refractivity contribution in [3.63, 3.8) is 0 Å². The molecule has 0 aliphatic carbocycles. The number of fused-ring (bicyclic) bond motifs is 1. The lowest BCUT2D eigenvalue weighted by molar-refractivity contribution is 0.0950. The summed E-state index contributed by atoms with van der Waals surface area (Å²) in [6, 6.07) is 8.14. The average molecular weight is 409 g/mol. The van der Waals surface area contributed by atoms with E-state index < -0.39 is 10.0 Å². The second-order valence-corrected chi connectivity index (χ2v) is 8.52. The van der Waals surface area contributed by atoms with E-state index >= 15 is 0 Å². The number of ether oxygens (including phenoxy) is 1. The lowest BCUT2D eigenvalue weighted by Crippen LogP contribution is -2.26. The van der Waals surface area contributed by atoms with E-state index in [4.69, 9.17) is 16.3 Å². The number of hydrogen-bond donors (Lipinski definition) is 2. The van der Waals surface area contributed by atoms with Gasteiger partial charge in [-0.1, -0.05) is 24.6 Å². The van der Waals surface area contributed by atoms with Crippen molar-refractivity contribution in [1.82, 2.24) is 10.0 Å². The second kappa shape index (κ2) is 7.88. The van der Waals surface area contributed by atoms with Crippen LogP contribution in [-0.4, -0.2) is 27.5 Å². The summed E-state index contributed by atoms with van der Waals surface area (Å²) >= 11 is 6.14. The monoisotopic (exact) mass is 408 g/mol. The summed E-state index contributed by atoms with van der Waals surface area (Å²) in [5, 5.41) is 3.43. The van der Waals surface area contributed by atoms with Gasteiger partial charge in [0.2, 0.25) is 10.0 Å². The van der Waals surface area contributed by atoms with E-state index in [1.165, 1.54) is 12.1 Å². The SMILES string of the molecule is CCNS(=O)(=O)c1ccc(C)c(C(=O)NCc2cc(Cl)cc3c2OCC3)c1. The van der Waals surface area contributed by atoms with Crippen LogP contribution in [0.4, 0.5) is 0 Å². The minimum atomic E-state index is -3.63. The lowest BCUT2D eigenvalue weighted by atomic mass is 10.1. The highest BCUT2D eigenvalue weighted by Crippen LogP contribution is 2.32. The molecule has 0 fully saturated rings. The normalized spacial score (nSPS) is 13.1. The van der Waals surface area contributed by atoms with Gasteiger partial charge in [0.15, 0.2) is 0 Å². The van der Waals surface area contributed by atoms with Crippen LogP contribution in [0.3, 0.4) is 0 Å². The van der Waals surface area contributed by atoms with Crippen molar-refractivity contribution in [2.45, 2.75) is 31.7 Å². The van der Waals surface area contributed by atoms with Crippen molar-refractivity contribution in [2.75, 3.05) is 13.2 Å².